The van der Waals surface area contributed by atoms with Gasteiger partial charge in [-0.25, -0.2) is 0 Å². The van der Waals surface area contributed by atoms with E-state index in [1.807, 2.05) is 24.3 Å². The fourth-order valence-electron chi connectivity index (χ4n) is 7.66. The zero-order valence-corrected chi connectivity index (χ0v) is 39.1. The Labute approximate surface area is 346 Å². The molecule has 6 nitrogen and oxygen atoms in total. The van der Waals surface area contributed by atoms with Crippen LogP contribution in [0.25, 0.3) is 43.9 Å². The van der Waals surface area contributed by atoms with Gasteiger partial charge in [0.2, 0.25) is 0 Å². The Morgan fingerprint density at radius 3 is 0.741 bits per heavy atom. The molecule has 306 valence electrons. The number of benzene rings is 5. The quantitative estimate of drug-likeness (QED) is 0.176. The molecule has 8 heteroatoms. The molecule has 7 rings (SSSR count). The van der Waals surface area contributed by atoms with Crippen molar-refractivity contribution in [1.82, 2.24) is 0 Å². The van der Waals surface area contributed by atoms with Gasteiger partial charge in [0.25, 0.3) is 0 Å². The van der Waals surface area contributed by atoms with Gasteiger partial charge >= 0.3 is 16.5 Å². The zero-order valence-electron chi connectivity index (χ0n) is 37.3. The van der Waals surface area contributed by atoms with E-state index in [0.29, 0.717) is 11.5 Å². The fraction of sp³-hybridized carbons (Fsp3) is 0.400. The minimum atomic E-state index is -1.90. The van der Waals surface area contributed by atoms with Gasteiger partial charge in [-0.2, -0.15) is 0 Å². The maximum absolute atomic E-state index is 6.84. The van der Waals surface area contributed by atoms with Crippen LogP contribution in [0.15, 0.2) is 89.6 Å². The SMILES string of the molecule is Cc1cc(C(C)(C)C)c2op(Oc3ccc(Op4oc5c(C(C)(C)C)cc(C)cc5c5cc(C)cc(C(C)(C)C)c5o4)cc3)oc3c(C(C)(C)C)cc(C)cc3c2c1. The van der Waals surface area contributed by atoms with Crippen LogP contribution in [0.5, 0.6) is 11.5 Å². The Kier molecular flexibility index (Phi) is 10.5. The molecule has 0 aliphatic carbocycles. The molecule has 5 aromatic carbocycles. The number of rotatable bonds is 4. The summed E-state index contributed by atoms with van der Waals surface area (Å²) in [6.45, 7) is 35.2. The molecule has 0 saturated heterocycles. The van der Waals surface area contributed by atoms with Gasteiger partial charge in [-0.1, -0.05) is 107 Å². The third-order valence-electron chi connectivity index (χ3n) is 10.6. The summed E-state index contributed by atoms with van der Waals surface area (Å²) >= 11 is 0. The summed E-state index contributed by atoms with van der Waals surface area (Å²) in [5, 5.41) is 4.09. The van der Waals surface area contributed by atoms with Crippen LogP contribution in [0.4, 0.5) is 0 Å². The Morgan fingerprint density at radius 2 is 0.552 bits per heavy atom. The number of fused-ring (bicyclic) bond motifs is 6. The van der Waals surface area contributed by atoms with Gasteiger partial charge in [0.15, 0.2) is 0 Å². The van der Waals surface area contributed by atoms with E-state index in [-0.39, 0.29) is 21.7 Å². The van der Waals surface area contributed by atoms with Crippen molar-refractivity contribution in [2.24, 2.45) is 0 Å². The van der Waals surface area contributed by atoms with Crippen molar-refractivity contribution in [3.8, 4) is 11.5 Å². The Bertz CT molecular complexity index is 2440. The van der Waals surface area contributed by atoms with E-state index < -0.39 is 16.5 Å². The molecule has 0 atom stereocenters. The first kappa shape index (κ1) is 41.7. The molecule has 2 aromatic heterocycles. The Morgan fingerprint density at radius 1 is 0.345 bits per heavy atom. The van der Waals surface area contributed by atoms with Crippen LogP contribution in [-0.4, -0.2) is 0 Å². The van der Waals surface area contributed by atoms with Gasteiger partial charge in [-0.15, -0.1) is 0 Å². The van der Waals surface area contributed by atoms with E-state index in [4.69, 9.17) is 25.8 Å². The lowest BCUT2D eigenvalue weighted by atomic mass is 9.83. The second-order valence-electron chi connectivity index (χ2n) is 20.2. The summed E-state index contributed by atoms with van der Waals surface area (Å²) in [4.78, 5) is 0. The third-order valence-corrected chi connectivity index (χ3v) is 12.6. The third kappa shape index (κ3) is 8.34. The molecule has 0 spiro atoms. The van der Waals surface area contributed by atoms with E-state index in [2.05, 4.69) is 159 Å². The lowest BCUT2D eigenvalue weighted by Gasteiger charge is -2.21. The smallest absolute Gasteiger partial charge is 0.391 e. The van der Waals surface area contributed by atoms with Crippen LogP contribution >= 0.6 is 16.5 Å². The zero-order chi connectivity index (χ0) is 42.3. The van der Waals surface area contributed by atoms with Crippen LogP contribution in [0, 0.1) is 27.7 Å². The summed E-state index contributed by atoms with van der Waals surface area (Å²) in [5.41, 5.74) is 11.6. The lowest BCUT2D eigenvalue weighted by Crippen LogP contribution is -2.12. The summed E-state index contributed by atoms with van der Waals surface area (Å²) in [5.74, 6) is 1.19. The highest BCUT2D eigenvalue weighted by Crippen LogP contribution is 2.46. The second kappa shape index (κ2) is 14.6. The van der Waals surface area contributed by atoms with Crippen molar-refractivity contribution < 1.29 is 25.8 Å². The van der Waals surface area contributed by atoms with Gasteiger partial charge in [0.05, 0.1) is 0 Å². The standard InChI is InChI=1S/C50H60O6P2/c1-29-21-35-36-22-30(2)26-40(48(8,9)10)44(36)54-57(53-43(35)39(25-29)47(5,6)7)51-33-17-19-34(20-18-33)52-58-55-45-37(23-31(3)27-41(45)49(11,12)13)38-24-32(4)28-42(46(38)56-58)50(14,15)16/h17-28H,1-16H3. The number of hydrogen-bond donors (Lipinski definition) is 0. The van der Waals surface area contributed by atoms with E-state index >= 15 is 0 Å². The van der Waals surface area contributed by atoms with Crippen molar-refractivity contribution in [1.29, 1.82) is 0 Å². The molecule has 0 N–H and O–H groups in total. The molecule has 0 aliphatic rings. The number of aryl methyl sites for hydroxylation is 4. The van der Waals surface area contributed by atoms with E-state index in [1.54, 1.807) is 0 Å². The summed E-state index contributed by atoms with van der Waals surface area (Å²) in [6, 6.07) is 25.3. The van der Waals surface area contributed by atoms with Gasteiger partial charge < -0.3 is 25.8 Å². The molecule has 2 heterocycles. The van der Waals surface area contributed by atoms with E-state index in [0.717, 1.165) is 66.1 Å². The van der Waals surface area contributed by atoms with Gasteiger partial charge in [-0.05, 0) is 120 Å². The highest BCUT2D eigenvalue weighted by Gasteiger charge is 2.27. The molecule has 0 unspecified atom stereocenters. The van der Waals surface area contributed by atoms with Crippen molar-refractivity contribution in [2.45, 2.75) is 132 Å². The first-order valence-electron chi connectivity index (χ1n) is 20.3. The topological polar surface area (TPSA) is 71.0 Å². The summed E-state index contributed by atoms with van der Waals surface area (Å²) in [7, 11) is -3.81. The molecule has 0 bridgehead atoms. The molecular weight excluding hydrogens is 758 g/mol. The van der Waals surface area contributed by atoms with Crippen molar-refractivity contribution in [3.63, 3.8) is 0 Å². The van der Waals surface area contributed by atoms with Gasteiger partial charge in [0, 0.05) is 43.8 Å². The van der Waals surface area contributed by atoms with Crippen LogP contribution < -0.4 is 9.05 Å². The predicted octanol–water partition coefficient (Wildman–Crippen LogP) is 17.0. The van der Waals surface area contributed by atoms with Crippen LogP contribution in [0.3, 0.4) is 0 Å². The molecule has 0 radical (unpaired) electrons. The molecule has 0 fully saturated rings. The molecule has 0 saturated carbocycles. The van der Waals surface area contributed by atoms with Gasteiger partial charge in [0.1, 0.15) is 33.8 Å². The van der Waals surface area contributed by atoms with Crippen LogP contribution in [0.2, 0.25) is 0 Å². The Hall–Kier alpha value is -4.50. The Balaban J connectivity index is 1.38. The minimum Gasteiger partial charge on any atom is -0.391 e. The average Bonchev–Trinajstić information content (AvgIpc) is 3.33. The van der Waals surface area contributed by atoms with Crippen LogP contribution in [0.1, 0.15) is 128 Å². The molecular formula is C50H60O6P2. The molecule has 58 heavy (non-hydrogen) atoms. The summed E-state index contributed by atoms with van der Waals surface area (Å²) in [6.07, 6.45) is 0. The number of hydrogen-bond acceptors (Lipinski definition) is 6. The summed E-state index contributed by atoms with van der Waals surface area (Å²) < 4.78 is 40.6. The molecule has 7 aromatic rings. The van der Waals surface area contributed by atoms with E-state index in [1.165, 1.54) is 22.3 Å². The first-order valence-corrected chi connectivity index (χ1v) is 22.5. The largest absolute Gasteiger partial charge is 0.453 e. The highest BCUT2D eigenvalue weighted by atomic mass is 31.1. The highest BCUT2D eigenvalue weighted by molar-refractivity contribution is 7.32. The normalized spacial score (nSPS) is 12.8. The van der Waals surface area contributed by atoms with Crippen LogP contribution in [-0.2, 0) is 21.7 Å². The second-order valence-corrected chi connectivity index (χ2v) is 22.2. The van der Waals surface area contributed by atoms with Crippen molar-refractivity contribution in [2.75, 3.05) is 0 Å². The molecule has 0 amide bonds. The fourth-order valence-corrected chi connectivity index (χ4v) is 9.85. The van der Waals surface area contributed by atoms with Crippen molar-refractivity contribution >= 4 is 60.4 Å². The van der Waals surface area contributed by atoms with Gasteiger partial charge in [-0.3, -0.25) is 0 Å². The maximum Gasteiger partial charge on any atom is 0.453 e. The first-order chi connectivity index (χ1) is 26.9. The monoisotopic (exact) mass is 818 g/mol. The average molecular weight is 819 g/mol. The minimum absolute atomic E-state index is 0.179. The van der Waals surface area contributed by atoms with E-state index in [9.17, 15) is 0 Å². The lowest BCUT2D eigenvalue weighted by molar-refractivity contribution is 0.481. The molecule has 0 aliphatic heterocycles. The maximum atomic E-state index is 6.84. The predicted molar refractivity (Wildman–Crippen MR) is 245 cm³/mol. The van der Waals surface area contributed by atoms with Crippen molar-refractivity contribution in [3.05, 3.63) is 117 Å².